The SMILES string of the molecule is CCCCCNc1c(C)cccc1F. The van der Waals surface area contributed by atoms with Gasteiger partial charge in [0.25, 0.3) is 0 Å². The summed E-state index contributed by atoms with van der Waals surface area (Å²) in [7, 11) is 0. The fourth-order valence-corrected chi connectivity index (χ4v) is 1.44. The highest BCUT2D eigenvalue weighted by Gasteiger charge is 2.02. The lowest BCUT2D eigenvalue weighted by atomic mass is 10.2. The van der Waals surface area contributed by atoms with Gasteiger partial charge >= 0.3 is 0 Å². The van der Waals surface area contributed by atoms with E-state index < -0.39 is 0 Å². The Bertz CT molecular complexity index is 263. The molecule has 0 fully saturated rings. The molecule has 14 heavy (non-hydrogen) atoms. The molecule has 0 heterocycles. The van der Waals surface area contributed by atoms with Gasteiger partial charge < -0.3 is 5.32 Å². The molecular formula is C12H18FN. The van der Waals surface area contributed by atoms with E-state index in [0.29, 0.717) is 5.69 Å². The van der Waals surface area contributed by atoms with Crippen LogP contribution in [0.3, 0.4) is 0 Å². The van der Waals surface area contributed by atoms with E-state index in [4.69, 9.17) is 0 Å². The first-order valence-corrected chi connectivity index (χ1v) is 5.24. The van der Waals surface area contributed by atoms with Crippen molar-refractivity contribution in [3.63, 3.8) is 0 Å². The highest BCUT2D eigenvalue weighted by Crippen LogP contribution is 2.18. The standard InChI is InChI=1S/C12H18FN/c1-3-4-5-9-14-12-10(2)7-6-8-11(12)13/h6-8,14H,3-5,9H2,1-2H3. The van der Waals surface area contributed by atoms with E-state index in [1.54, 1.807) is 6.07 Å². The van der Waals surface area contributed by atoms with Gasteiger partial charge in [-0.3, -0.25) is 0 Å². The monoisotopic (exact) mass is 195 g/mol. The van der Waals surface area contributed by atoms with Crippen molar-refractivity contribution in [2.45, 2.75) is 33.1 Å². The topological polar surface area (TPSA) is 12.0 Å². The van der Waals surface area contributed by atoms with Crippen LogP contribution in [0.5, 0.6) is 0 Å². The van der Waals surface area contributed by atoms with Crippen LogP contribution in [0.25, 0.3) is 0 Å². The molecule has 0 aliphatic heterocycles. The fraction of sp³-hybridized carbons (Fsp3) is 0.500. The van der Waals surface area contributed by atoms with E-state index in [9.17, 15) is 4.39 Å². The van der Waals surface area contributed by atoms with Crippen LogP contribution in [0.15, 0.2) is 18.2 Å². The lowest BCUT2D eigenvalue weighted by Crippen LogP contribution is -2.04. The number of rotatable bonds is 5. The third-order valence-electron chi connectivity index (χ3n) is 2.30. The molecule has 0 saturated carbocycles. The molecule has 78 valence electrons. The highest BCUT2D eigenvalue weighted by molar-refractivity contribution is 5.51. The zero-order valence-corrected chi connectivity index (χ0v) is 8.94. The van der Waals surface area contributed by atoms with Crippen molar-refractivity contribution in [2.24, 2.45) is 0 Å². The molecule has 0 unspecified atom stereocenters. The van der Waals surface area contributed by atoms with Gasteiger partial charge in [0.2, 0.25) is 0 Å². The number of unbranched alkanes of at least 4 members (excludes halogenated alkanes) is 2. The summed E-state index contributed by atoms with van der Waals surface area (Å²) in [5, 5.41) is 3.14. The van der Waals surface area contributed by atoms with Crippen LogP contribution < -0.4 is 5.32 Å². The van der Waals surface area contributed by atoms with Crippen molar-refractivity contribution in [2.75, 3.05) is 11.9 Å². The number of hydrogen-bond acceptors (Lipinski definition) is 1. The minimum atomic E-state index is -0.151. The fourth-order valence-electron chi connectivity index (χ4n) is 1.44. The number of anilines is 1. The smallest absolute Gasteiger partial charge is 0.146 e. The number of halogens is 1. The molecule has 1 nitrogen and oxygen atoms in total. The van der Waals surface area contributed by atoms with E-state index in [2.05, 4.69) is 12.2 Å². The first kappa shape index (κ1) is 11.0. The van der Waals surface area contributed by atoms with Gasteiger partial charge in [0.05, 0.1) is 5.69 Å². The number of hydrogen-bond donors (Lipinski definition) is 1. The Kier molecular flexibility index (Phi) is 4.44. The van der Waals surface area contributed by atoms with Crippen LogP contribution in [0.1, 0.15) is 31.7 Å². The average molecular weight is 195 g/mol. The van der Waals surface area contributed by atoms with Crippen molar-refractivity contribution < 1.29 is 4.39 Å². The molecule has 1 aromatic rings. The maximum atomic E-state index is 13.3. The number of para-hydroxylation sites is 1. The molecule has 1 aromatic carbocycles. The predicted molar refractivity (Wildman–Crippen MR) is 59.2 cm³/mol. The van der Waals surface area contributed by atoms with Crippen LogP contribution in [-0.4, -0.2) is 6.54 Å². The molecule has 0 spiro atoms. The van der Waals surface area contributed by atoms with E-state index in [0.717, 1.165) is 18.5 Å². The maximum Gasteiger partial charge on any atom is 0.146 e. The second-order valence-corrected chi connectivity index (χ2v) is 3.57. The van der Waals surface area contributed by atoms with Gasteiger partial charge in [-0.05, 0) is 25.0 Å². The van der Waals surface area contributed by atoms with Gasteiger partial charge in [-0.1, -0.05) is 31.9 Å². The summed E-state index contributed by atoms with van der Waals surface area (Å²) in [5.41, 5.74) is 1.63. The molecule has 0 aliphatic carbocycles. The second kappa shape index (κ2) is 5.63. The summed E-state index contributed by atoms with van der Waals surface area (Å²) in [6.45, 7) is 4.94. The molecular weight excluding hydrogens is 177 g/mol. The Hall–Kier alpha value is -1.05. The molecule has 0 amide bonds. The van der Waals surface area contributed by atoms with Crippen molar-refractivity contribution in [3.8, 4) is 0 Å². The molecule has 1 rings (SSSR count). The normalized spacial score (nSPS) is 10.2. The van der Waals surface area contributed by atoms with Crippen LogP contribution in [0, 0.1) is 12.7 Å². The zero-order valence-electron chi connectivity index (χ0n) is 8.94. The molecule has 0 radical (unpaired) electrons. The van der Waals surface area contributed by atoms with Crippen molar-refractivity contribution in [3.05, 3.63) is 29.6 Å². The first-order chi connectivity index (χ1) is 6.75. The molecule has 0 aromatic heterocycles. The lowest BCUT2D eigenvalue weighted by molar-refractivity contribution is 0.627. The van der Waals surface area contributed by atoms with E-state index >= 15 is 0 Å². The van der Waals surface area contributed by atoms with E-state index in [1.807, 2.05) is 13.0 Å². The average Bonchev–Trinajstić information content (AvgIpc) is 2.16. The summed E-state index contributed by atoms with van der Waals surface area (Å²) in [5.74, 6) is -0.151. The maximum absolute atomic E-state index is 13.3. The van der Waals surface area contributed by atoms with Gasteiger partial charge in [0.15, 0.2) is 0 Å². The van der Waals surface area contributed by atoms with Crippen molar-refractivity contribution in [1.82, 2.24) is 0 Å². The number of benzene rings is 1. The van der Waals surface area contributed by atoms with Gasteiger partial charge in [-0.2, -0.15) is 0 Å². The quantitative estimate of drug-likeness (QED) is 0.706. The Balaban J connectivity index is 2.49. The van der Waals surface area contributed by atoms with Crippen molar-refractivity contribution >= 4 is 5.69 Å². The third kappa shape index (κ3) is 3.02. The molecule has 0 atom stereocenters. The van der Waals surface area contributed by atoms with Crippen LogP contribution in [0.2, 0.25) is 0 Å². The molecule has 0 saturated heterocycles. The Morgan fingerprint density at radius 2 is 2.07 bits per heavy atom. The second-order valence-electron chi connectivity index (χ2n) is 3.57. The lowest BCUT2D eigenvalue weighted by Gasteiger charge is -2.09. The third-order valence-corrected chi connectivity index (χ3v) is 2.30. The van der Waals surface area contributed by atoms with E-state index in [-0.39, 0.29) is 5.82 Å². The molecule has 0 aliphatic rings. The van der Waals surface area contributed by atoms with E-state index in [1.165, 1.54) is 18.9 Å². The first-order valence-electron chi connectivity index (χ1n) is 5.24. The van der Waals surface area contributed by atoms with Gasteiger partial charge in [0.1, 0.15) is 5.82 Å². The van der Waals surface area contributed by atoms with Crippen molar-refractivity contribution in [1.29, 1.82) is 0 Å². The largest absolute Gasteiger partial charge is 0.382 e. The van der Waals surface area contributed by atoms with Gasteiger partial charge in [0, 0.05) is 6.54 Å². The molecule has 1 N–H and O–H groups in total. The zero-order chi connectivity index (χ0) is 10.4. The Morgan fingerprint density at radius 3 is 2.71 bits per heavy atom. The molecule has 0 bridgehead atoms. The summed E-state index contributed by atoms with van der Waals surface area (Å²) < 4.78 is 13.3. The minimum Gasteiger partial charge on any atom is -0.382 e. The summed E-state index contributed by atoms with van der Waals surface area (Å²) in [6, 6.07) is 5.16. The van der Waals surface area contributed by atoms with Crippen LogP contribution >= 0.6 is 0 Å². The van der Waals surface area contributed by atoms with Gasteiger partial charge in [-0.25, -0.2) is 4.39 Å². The van der Waals surface area contributed by atoms with Gasteiger partial charge in [-0.15, -0.1) is 0 Å². The summed E-state index contributed by atoms with van der Waals surface area (Å²) in [6.07, 6.45) is 3.49. The minimum absolute atomic E-state index is 0.151. The molecule has 2 heteroatoms. The van der Waals surface area contributed by atoms with Crippen LogP contribution in [-0.2, 0) is 0 Å². The summed E-state index contributed by atoms with van der Waals surface area (Å²) in [4.78, 5) is 0. The summed E-state index contributed by atoms with van der Waals surface area (Å²) >= 11 is 0. The highest BCUT2D eigenvalue weighted by atomic mass is 19.1. The predicted octanol–water partition coefficient (Wildman–Crippen LogP) is 3.74. The Morgan fingerprint density at radius 1 is 1.29 bits per heavy atom. The van der Waals surface area contributed by atoms with Crippen LogP contribution in [0.4, 0.5) is 10.1 Å². The number of nitrogens with one attached hydrogen (secondary N) is 1. The Labute approximate surface area is 85.3 Å². The number of aryl methyl sites for hydroxylation is 1.